The van der Waals surface area contributed by atoms with Crippen molar-refractivity contribution in [1.29, 1.82) is 0 Å². The molecule has 2 aliphatic heterocycles. The molecule has 150 valence electrons. The van der Waals surface area contributed by atoms with E-state index in [1.807, 2.05) is 25.4 Å². The molecular formula is C23H32N4O. The Labute approximate surface area is 168 Å². The maximum atomic E-state index is 13.1. The van der Waals surface area contributed by atoms with Crippen LogP contribution in [0.1, 0.15) is 49.8 Å². The van der Waals surface area contributed by atoms with Crippen molar-refractivity contribution in [3.05, 3.63) is 35.8 Å². The van der Waals surface area contributed by atoms with Gasteiger partial charge < -0.3 is 9.80 Å². The second kappa shape index (κ2) is 8.16. The van der Waals surface area contributed by atoms with Gasteiger partial charge in [-0.05, 0) is 69.8 Å². The number of likely N-dealkylation sites (tertiary alicyclic amines) is 2. The SMILES string of the molecule is Cc1ncc(C2CC(C)CN(C(=O)CC3CCN(C)CC3)C2)c2cccnc12. The molecule has 5 heteroatoms. The monoisotopic (exact) mass is 380 g/mol. The van der Waals surface area contributed by atoms with Crippen molar-refractivity contribution in [1.82, 2.24) is 19.8 Å². The van der Waals surface area contributed by atoms with E-state index >= 15 is 0 Å². The second-order valence-electron chi connectivity index (χ2n) is 8.99. The van der Waals surface area contributed by atoms with Crippen LogP contribution in [0, 0.1) is 18.8 Å². The number of rotatable bonds is 3. The van der Waals surface area contributed by atoms with Gasteiger partial charge in [-0.2, -0.15) is 0 Å². The van der Waals surface area contributed by atoms with Crippen LogP contribution in [0.3, 0.4) is 0 Å². The molecule has 4 heterocycles. The van der Waals surface area contributed by atoms with Crippen LogP contribution in [-0.4, -0.2) is 58.9 Å². The Hall–Kier alpha value is -2.01. The summed E-state index contributed by atoms with van der Waals surface area (Å²) < 4.78 is 0. The first kappa shape index (κ1) is 19.3. The molecule has 0 aliphatic carbocycles. The smallest absolute Gasteiger partial charge is 0.222 e. The van der Waals surface area contributed by atoms with Crippen LogP contribution >= 0.6 is 0 Å². The van der Waals surface area contributed by atoms with E-state index < -0.39 is 0 Å². The third-order valence-corrected chi connectivity index (χ3v) is 6.61. The average molecular weight is 381 g/mol. The molecule has 0 bridgehead atoms. The van der Waals surface area contributed by atoms with Crippen LogP contribution in [-0.2, 0) is 4.79 Å². The van der Waals surface area contributed by atoms with E-state index in [0.29, 0.717) is 30.1 Å². The van der Waals surface area contributed by atoms with Crippen molar-refractivity contribution in [2.45, 2.75) is 45.4 Å². The summed E-state index contributed by atoms with van der Waals surface area (Å²) in [7, 11) is 2.17. The Kier molecular flexibility index (Phi) is 5.63. The molecule has 0 radical (unpaired) electrons. The summed E-state index contributed by atoms with van der Waals surface area (Å²) in [5.74, 6) is 1.73. The van der Waals surface area contributed by atoms with Gasteiger partial charge in [0.15, 0.2) is 0 Å². The molecule has 2 fully saturated rings. The van der Waals surface area contributed by atoms with Gasteiger partial charge in [-0.15, -0.1) is 0 Å². The van der Waals surface area contributed by atoms with Crippen LogP contribution in [0.25, 0.3) is 10.9 Å². The van der Waals surface area contributed by atoms with Crippen molar-refractivity contribution >= 4 is 16.8 Å². The molecule has 0 aromatic carbocycles. The van der Waals surface area contributed by atoms with Gasteiger partial charge in [-0.25, -0.2) is 0 Å². The molecule has 28 heavy (non-hydrogen) atoms. The molecule has 2 unspecified atom stereocenters. The van der Waals surface area contributed by atoms with E-state index in [2.05, 4.69) is 39.8 Å². The Balaban J connectivity index is 1.51. The number of carbonyl (C=O) groups excluding carboxylic acids is 1. The fourth-order valence-corrected chi connectivity index (χ4v) is 4.97. The summed E-state index contributed by atoms with van der Waals surface area (Å²) in [6.07, 6.45) is 7.96. The lowest BCUT2D eigenvalue weighted by Crippen LogP contribution is -2.43. The van der Waals surface area contributed by atoms with Gasteiger partial charge in [0.25, 0.3) is 0 Å². The van der Waals surface area contributed by atoms with E-state index in [9.17, 15) is 4.79 Å². The molecule has 1 amide bonds. The summed E-state index contributed by atoms with van der Waals surface area (Å²) >= 11 is 0. The molecule has 2 aromatic heterocycles. The van der Waals surface area contributed by atoms with Gasteiger partial charge in [0.05, 0.1) is 11.2 Å². The third kappa shape index (κ3) is 4.04. The fraction of sp³-hybridized carbons (Fsp3) is 0.609. The van der Waals surface area contributed by atoms with Gasteiger partial charge in [-0.3, -0.25) is 14.8 Å². The van der Waals surface area contributed by atoms with Crippen LogP contribution < -0.4 is 0 Å². The van der Waals surface area contributed by atoms with Gasteiger partial charge in [0.1, 0.15) is 0 Å². The number of fused-ring (bicyclic) bond motifs is 1. The van der Waals surface area contributed by atoms with Gasteiger partial charge in [-0.1, -0.05) is 13.0 Å². The number of nitrogens with zero attached hydrogens (tertiary/aromatic N) is 4. The Morgan fingerprint density at radius 2 is 2.00 bits per heavy atom. The summed E-state index contributed by atoms with van der Waals surface area (Å²) in [6.45, 7) is 8.21. The molecule has 2 aliphatic rings. The van der Waals surface area contributed by atoms with E-state index in [4.69, 9.17) is 0 Å². The van der Waals surface area contributed by atoms with Gasteiger partial charge >= 0.3 is 0 Å². The summed E-state index contributed by atoms with van der Waals surface area (Å²) in [5, 5.41) is 1.19. The zero-order chi connectivity index (χ0) is 19.7. The molecule has 2 aromatic rings. The lowest BCUT2D eigenvalue weighted by Gasteiger charge is -2.38. The van der Waals surface area contributed by atoms with Crippen molar-refractivity contribution in [2.75, 3.05) is 33.2 Å². The number of piperidine rings is 2. The number of aromatic nitrogens is 2. The predicted octanol–water partition coefficient (Wildman–Crippen LogP) is 3.62. The van der Waals surface area contributed by atoms with E-state index in [1.165, 1.54) is 10.9 Å². The first-order chi connectivity index (χ1) is 13.5. The molecular weight excluding hydrogens is 348 g/mol. The first-order valence-electron chi connectivity index (χ1n) is 10.7. The third-order valence-electron chi connectivity index (χ3n) is 6.61. The Morgan fingerprint density at radius 1 is 1.21 bits per heavy atom. The molecule has 4 rings (SSSR count). The zero-order valence-electron chi connectivity index (χ0n) is 17.4. The van der Waals surface area contributed by atoms with Gasteiger partial charge in [0.2, 0.25) is 5.91 Å². The number of carbonyl (C=O) groups is 1. The minimum atomic E-state index is 0.338. The fourth-order valence-electron chi connectivity index (χ4n) is 4.97. The van der Waals surface area contributed by atoms with Crippen molar-refractivity contribution in [3.63, 3.8) is 0 Å². The number of hydrogen-bond acceptors (Lipinski definition) is 4. The number of hydrogen-bond donors (Lipinski definition) is 0. The largest absolute Gasteiger partial charge is 0.342 e. The summed E-state index contributed by atoms with van der Waals surface area (Å²) in [4.78, 5) is 26.7. The van der Waals surface area contributed by atoms with Crippen molar-refractivity contribution < 1.29 is 4.79 Å². The van der Waals surface area contributed by atoms with Crippen LogP contribution in [0.15, 0.2) is 24.5 Å². The van der Waals surface area contributed by atoms with E-state index in [-0.39, 0.29) is 0 Å². The highest BCUT2D eigenvalue weighted by molar-refractivity contribution is 5.84. The highest BCUT2D eigenvalue weighted by Gasteiger charge is 2.31. The first-order valence-corrected chi connectivity index (χ1v) is 10.7. The molecule has 5 nitrogen and oxygen atoms in total. The second-order valence-corrected chi connectivity index (χ2v) is 8.99. The topological polar surface area (TPSA) is 49.3 Å². The number of amides is 1. The minimum Gasteiger partial charge on any atom is -0.342 e. The number of pyridine rings is 2. The van der Waals surface area contributed by atoms with Crippen molar-refractivity contribution in [3.8, 4) is 0 Å². The summed E-state index contributed by atoms with van der Waals surface area (Å²) in [5.41, 5.74) is 3.21. The lowest BCUT2D eigenvalue weighted by atomic mass is 9.84. The van der Waals surface area contributed by atoms with E-state index in [0.717, 1.165) is 56.7 Å². The maximum Gasteiger partial charge on any atom is 0.222 e. The molecule has 2 saturated heterocycles. The van der Waals surface area contributed by atoms with Gasteiger partial charge in [0, 0.05) is 43.2 Å². The average Bonchev–Trinajstić information content (AvgIpc) is 2.70. The Bertz CT molecular complexity index is 844. The van der Waals surface area contributed by atoms with Crippen LogP contribution in [0.4, 0.5) is 0 Å². The Morgan fingerprint density at radius 3 is 2.79 bits per heavy atom. The molecule has 0 N–H and O–H groups in total. The highest BCUT2D eigenvalue weighted by Crippen LogP contribution is 2.34. The standard InChI is InChI=1S/C23H32N4O/c1-16-11-19(21-13-25-17(2)23-20(21)5-4-8-24-23)15-27(14-16)22(28)12-18-6-9-26(3)10-7-18/h4-5,8,13,16,18-19H,6-7,9-12,14-15H2,1-3H3. The normalized spacial score (nSPS) is 24.6. The van der Waals surface area contributed by atoms with Crippen molar-refractivity contribution in [2.24, 2.45) is 11.8 Å². The molecule has 0 spiro atoms. The summed E-state index contributed by atoms with van der Waals surface area (Å²) in [6, 6.07) is 4.15. The van der Waals surface area contributed by atoms with E-state index in [1.54, 1.807) is 0 Å². The lowest BCUT2D eigenvalue weighted by molar-refractivity contribution is -0.134. The molecule has 0 saturated carbocycles. The van der Waals surface area contributed by atoms with Crippen LogP contribution in [0.2, 0.25) is 0 Å². The molecule has 2 atom stereocenters. The quantitative estimate of drug-likeness (QED) is 0.816. The highest BCUT2D eigenvalue weighted by atomic mass is 16.2. The predicted molar refractivity (Wildman–Crippen MR) is 112 cm³/mol. The van der Waals surface area contributed by atoms with Crippen LogP contribution in [0.5, 0.6) is 0 Å². The number of aryl methyl sites for hydroxylation is 1. The maximum absolute atomic E-state index is 13.1. The minimum absolute atomic E-state index is 0.338. The zero-order valence-corrected chi connectivity index (χ0v) is 17.4.